The predicted molar refractivity (Wildman–Crippen MR) is 118 cm³/mol. The molecule has 3 nitrogen and oxygen atoms in total. The van der Waals surface area contributed by atoms with Crippen LogP contribution in [0.25, 0.3) is 0 Å². The van der Waals surface area contributed by atoms with Crippen LogP contribution in [0.1, 0.15) is 64.7 Å². The highest BCUT2D eigenvalue weighted by molar-refractivity contribution is 8.15. The minimum absolute atomic E-state index is 0.125. The lowest BCUT2D eigenvalue weighted by Crippen LogP contribution is -2.23. The molecule has 1 aliphatic rings. The fraction of sp³-hybridized carbons (Fsp3) is 0.478. The number of carbonyl (C=O) groups excluding carboxylic acids is 2. The Balaban J connectivity index is 1.93. The normalized spacial score (nSPS) is 18.3. The van der Waals surface area contributed by atoms with E-state index in [1.807, 2.05) is 0 Å². The van der Waals surface area contributed by atoms with Crippen LogP contribution < -0.4 is 5.32 Å². The molecule has 1 rings (SSSR count). The second kappa shape index (κ2) is 16.4. The van der Waals surface area contributed by atoms with Gasteiger partial charge in [0.2, 0.25) is 5.91 Å². The lowest BCUT2D eigenvalue weighted by molar-refractivity contribution is -0.119. The summed E-state index contributed by atoms with van der Waals surface area (Å²) in [6, 6.07) is 0. The Labute approximate surface area is 168 Å². The van der Waals surface area contributed by atoms with Crippen molar-refractivity contribution in [2.45, 2.75) is 70.0 Å². The van der Waals surface area contributed by atoms with Gasteiger partial charge < -0.3 is 0 Å². The number of nitrogens with one attached hydrogen (secondary N) is 1. The van der Waals surface area contributed by atoms with Crippen molar-refractivity contribution in [2.24, 2.45) is 0 Å². The third-order valence-corrected chi connectivity index (χ3v) is 5.06. The molecule has 1 N–H and O–H groups in total. The SMILES string of the molecule is CC/C=C\C/C=C\C/C=C\C/C=C\C/C=C\CCCCC1SC(=O)NC1=O. The van der Waals surface area contributed by atoms with Gasteiger partial charge in [0.25, 0.3) is 5.24 Å². The summed E-state index contributed by atoms with van der Waals surface area (Å²) in [7, 11) is 0. The van der Waals surface area contributed by atoms with Crippen molar-refractivity contribution in [1.82, 2.24) is 5.32 Å². The Hall–Kier alpha value is -1.81. The average Bonchev–Trinajstić information content (AvgIpc) is 2.98. The van der Waals surface area contributed by atoms with Crippen molar-refractivity contribution in [2.75, 3.05) is 0 Å². The Bertz CT molecular complexity index is 573. The molecule has 27 heavy (non-hydrogen) atoms. The predicted octanol–water partition coefficient (Wildman–Crippen LogP) is 6.65. The summed E-state index contributed by atoms with van der Waals surface area (Å²) >= 11 is 1.12. The van der Waals surface area contributed by atoms with Crippen LogP contribution in [-0.4, -0.2) is 16.4 Å². The monoisotopic (exact) mass is 387 g/mol. The molecular formula is C23H33NO2S. The Kier molecular flexibility index (Phi) is 14.1. The molecule has 0 aromatic rings. The summed E-state index contributed by atoms with van der Waals surface area (Å²) < 4.78 is 0. The second-order valence-corrected chi connectivity index (χ2v) is 7.55. The molecule has 2 amide bonds. The molecule has 1 atom stereocenters. The number of thioether (sulfide) groups is 1. The molecule has 1 unspecified atom stereocenters. The van der Waals surface area contributed by atoms with E-state index in [-0.39, 0.29) is 16.4 Å². The lowest BCUT2D eigenvalue weighted by Gasteiger charge is -2.02. The van der Waals surface area contributed by atoms with Gasteiger partial charge in [0.15, 0.2) is 0 Å². The molecule has 0 saturated carbocycles. The van der Waals surface area contributed by atoms with Crippen LogP contribution in [-0.2, 0) is 4.79 Å². The molecule has 148 valence electrons. The van der Waals surface area contributed by atoms with E-state index in [4.69, 9.17) is 0 Å². The van der Waals surface area contributed by atoms with Gasteiger partial charge in [0.05, 0.1) is 5.25 Å². The number of rotatable bonds is 14. The molecule has 0 aromatic heterocycles. The highest BCUT2D eigenvalue weighted by atomic mass is 32.2. The minimum atomic E-state index is -0.206. The first kappa shape index (κ1) is 23.2. The van der Waals surface area contributed by atoms with Gasteiger partial charge in [-0.1, -0.05) is 85.9 Å². The summed E-state index contributed by atoms with van der Waals surface area (Å²) in [5.74, 6) is -0.125. The van der Waals surface area contributed by atoms with Crippen LogP contribution in [0.2, 0.25) is 0 Å². The summed E-state index contributed by atoms with van der Waals surface area (Å²) in [5, 5.41) is 1.95. The van der Waals surface area contributed by atoms with Crippen LogP contribution >= 0.6 is 11.8 Å². The van der Waals surface area contributed by atoms with Crippen molar-refractivity contribution in [3.8, 4) is 0 Å². The number of unbranched alkanes of at least 4 members (excludes halogenated alkanes) is 2. The molecule has 1 fully saturated rings. The minimum Gasteiger partial charge on any atom is -0.286 e. The smallest absolute Gasteiger partial charge is 0.286 e. The fourth-order valence-corrected chi connectivity index (χ4v) is 3.41. The number of hydrogen-bond donors (Lipinski definition) is 1. The maximum atomic E-state index is 11.4. The molecule has 0 aliphatic carbocycles. The van der Waals surface area contributed by atoms with Gasteiger partial charge >= 0.3 is 0 Å². The van der Waals surface area contributed by atoms with Gasteiger partial charge in [-0.15, -0.1) is 0 Å². The average molecular weight is 388 g/mol. The van der Waals surface area contributed by atoms with Crippen LogP contribution in [0.3, 0.4) is 0 Å². The topological polar surface area (TPSA) is 46.2 Å². The highest BCUT2D eigenvalue weighted by Crippen LogP contribution is 2.23. The maximum Gasteiger partial charge on any atom is 0.286 e. The van der Waals surface area contributed by atoms with Gasteiger partial charge in [-0.3, -0.25) is 14.9 Å². The molecular weight excluding hydrogens is 354 g/mol. The third-order valence-electron chi connectivity index (χ3n) is 4.01. The van der Waals surface area contributed by atoms with E-state index in [9.17, 15) is 9.59 Å². The quantitative estimate of drug-likeness (QED) is 0.268. The summed E-state index contributed by atoms with van der Waals surface area (Å²) in [5.41, 5.74) is 0. The maximum absolute atomic E-state index is 11.4. The van der Waals surface area contributed by atoms with E-state index in [2.05, 4.69) is 73.0 Å². The highest BCUT2D eigenvalue weighted by Gasteiger charge is 2.30. The summed E-state index contributed by atoms with van der Waals surface area (Å²) in [6.07, 6.45) is 30.9. The molecule has 1 saturated heterocycles. The van der Waals surface area contributed by atoms with Gasteiger partial charge in [0.1, 0.15) is 0 Å². The summed E-state index contributed by atoms with van der Waals surface area (Å²) in [6.45, 7) is 2.15. The van der Waals surface area contributed by atoms with Crippen molar-refractivity contribution in [1.29, 1.82) is 0 Å². The van der Waals surface area contributed by atoms with Crippen LogP contribution in [0, 0.1) is 0 Å². The molecule has 4 heteroatoms. The zero-order chi connectivity index (χ0) is 19.6. The zero-order valence-electron chi connectivity index (χ0n) is 16.4. The van der Waals surface area contributed by atoms with Crippen molar-refractivity contribution in [3.63, 3.8) is 0 Å². The van der Waals surface area contributed by atoms with E-state index >= 15 is 0 Å². The van der Waals surface area contributed by atoms with Gasteiger partial charge in [-0.25, -0.2) is 0 Å². The van der Waals surface area contributed by atoms with E-state index in [1.165, 1.54) is 0 Å². The zero-order valence-corrected chi connectivity index (χ0v) is 17.3. The van der Waals surface area contributed by atoms with Gasteiger partial charge in [0, 0.05) is 0 Å². The van der Waals surface area contributed by atoms with E-state index in [1.54, 1.807) is 0 Å². The molecule has 0 aromatic carbocycles. The Morgan fingerprint density at radius 2 is 1.30 bits per heavy atom. The van der Waals surface area contributed by atoms with Crippen LogP contribution in [0.4, 0.5) is 4.79 Å². The largest absolute Gasteiger partial charge is 0.286 e. The Morgan fingerprint density at radius 3 is 1.78 bits per heavy atom. The first-order valence-electron chi connectivity index (χ1n) is 10.0. The third kappa shape index (κ3) is 13.1. The molecule has 1 aliphatic heterocycles. The van der Waals surface area contributed by atoms with Crippen LogP contribution in [0.15, 0.2) is 60.8 Å². The number of allylic oxidation sites excluding steroid dienone is 10. The van der Waals surface area contributed by atoms with E-state index in [0.29, 0.717) is 0 Å². The lowest BCUT2D eigenvalue weighted by atomic mass is 10.1. The van der Waals surface area contributed by atoms with E-state index < -0.39 is 0 Å². The van der Waals surface area contributed by atoms with Crippen molar-refractivity contribution >= 4 is 22.9 Å². The van der Waals surface area contributed by atoms with E-state index in [0.717, 1.165) is 69.5 Å². The second-order valence-electron chi connectivity index (χ2n) is 6.38. The molecule has 0 bridgehead atoms. The fourth-order valence-electron chi connectivity index (χ4n) is 2.54. The molecule has 0 radical (unpaired) electrons. The number of carbonyl (C=O) groups is 2. The molecule has 1 heterocycles. The standard InChI is InChI=1S/C23H33NO2S/c1-2-3-4-5-6-7-8-9-10-11-12-13-14-15-16-17-18-19-20-21-22(25)24-23(26)27-21/h3-4,6-7,9-10,12-13,15-16,21H,2,5,8,11,14,17-20H2,1H3,(H,24,25,26)/b4-3-,7-6-,10-9-,13-12-,16-15-. The van der Waals surface area contributed by atoms with Gasteiger partial charge in [-0.05, 0) is 51.4 Å². The first-order valence-corrected chi connectivity index (χ1v) is 10.9. The first-order chi connectivity index (χ1) is 13.2. The number of hydrogen-bond acceptors (Lipinski definition) is 3. The number of amides is 2. The Morgan fingerprint density at radius 1 is 0.778 bits per heavy atom. The van der Waals surface area contributed by atoms with Crippen molar-refractivity contribution < 1.29 is 9.59 Å². The number of imide groups is 1. The van der Waals surface area contributed by atoms with Crippen molar-refractivity contribution in [3.05, 3.63) is 60.8 Å². The molecule has 0 spiro atoms. The summed E-state index contributed by atoms with van der Waals surface area (Å²) in [4.78, 5) is 22.5. The van der Waals surface area contributed by atoms with Gasteiger partial charge in [-0.2, -0.15) is 0 Å². The van der Waals surface area contributed by atoms with Crippen LogP contribution in [0.5, 0.6) is 0 Å².